The first-order valence-corrected chi connectivity index (χ1v) is 11.9. The number of nitrogens with zero attached hydrogens (tertiary/aromatic N) is 3. The number of amides is 1. The molecule has 0 aliphatic heterocycles. The summed E-state index contributed by atoms with van der Waals surface area (Å²) in [6, 6.07) is 11.2. The summed E-state index contributed by atoms with van der Waals surface area (Å²) < 4.78 is 2.30. The summed E-state index contributed by atoms with van der Waals surface area (Å²) in [5.41, 5.74) is 2.36. The fraction of sp³-hybridized carbons (Fsp3) is 0.417. The lowest BCUT2D eigenvalue weighted by atomic mass is 10.1. The summed E-state index contributed by atoms with van der Waals surface area (Å²) in [6.45, 7) is 5.19. The first-order valence-electron chi connectivity index (χ1n) is 10.7. The van der Waals surface area contributed by atoms with E-state index in [9.17, 15) is 4.79 Å². The second kappa shape index (κ2) is 9.40. The molecule has 0 saturated heterocycles. The van der Waals surface area contributed by atoms with Crippen LogP contribution in [0.5, 0.6) is 0 Å². The van der Waals surface area contributed by atoms with Crippen LogP contribution in [-0.2, 0) is 6.54 Å². The lowest BCUT2D eigenvalue weighted by Gasteiger charge is -2.26. The van der Waals surface area contributed by atoms with Gasteiger partial charge in [-0.1, -0.05) is 61.5 Å². The van der Waals surface area contributed by atoms with E-state index in [0.717, 1.165) is 29.7 Å². The van der Waals surface area contributed by atoms with Gasteiger partial charge in [-0.25, -0.2) is 4.98 Å². The van der Waals surface area contributed by atoms with E-state index in [1.807, 2.05) is 23.1 Å². The van der Waals surface area contributed by atoms with Crippen molar-refractivity contribution in [2.24, 2.45) is 5.92 Å². The molecule has 1 aliphatic rings. The van der Waals surface area contributed by atoms with Crippen LogP contribution in [0.3, 0.4) is 0 Å². The van der Waals surface area contributed by atoms with Crippen molar-refractivity contribution in [3.8, 4) is 0 Å². The second-order valence-corrected chi connectivity index (χ2v) is 9.95. The Kier molecular flexibility index (Phi) is 6.80. The number of carbonyl (C=O) groups is 1. The number of fused-ring (bicyclic) bond motifs is 1. The van der Waals surface area contributed by atoms with E-state index >= 15 is 0 Å². The maximum atomic E-state index is 13.5. The number of hydrogen-bond acceptors (Lipinski definition) is 2. The van der Waals surface area contributed by atoms with Crippen molar-refractivity contribution >= 4 is 51.7 Å². The molecule has 4 nitrogen and oxygen atoms in total. The fourth-order valence-corrected chi connectivity index (χ4v) is 5.00. The molecule has 0 bridgehead atoms. The second-order valence-electron chi connectivity index (χ2n) is 8.67. The molecule has 1 heterocycles. The third-order valence-corrected chi connectivity index (χ3v) is 6.58. The van der Waals surface area contributed by atoms with Crippen LogP contribution >= 0.6 is 34.8 Å². The van der Waals surface area contributed by atoms with E-state index in [2.05, 4.69) is 18.4 Å². The van der Waals surface area contributed by atoms with Gasteiger partial charge in [-0.15, -0.1) is 0 Å². The summed E-state index contributed by atoms with van der Waals surface area (Å²) >= 11 is 18.8. The highest BCUT2D eigenvalue weighted by Gasteiger charge is 2.26. The Morgan fingerprint density at radius 2 is 1.77 bits per heavy atom. The van der Waals surface area contributed by atoms with Gasteiger partial charge in [0.1, 0.15) is 5.82 Å². The summed E-state index contributed by atoms with van der Waals surface area (Å²) in [4.78, 5) is 20.2. The van der Waals surface area contributed by atoms with Gasteiger partial charge in [0.05, 0.1) is 28.2 Å². The minimum absolute atomic E-state index is 0.135. The van der Waals surface area contributed by atoms with Gasteiger partial charge >= 0.3 is 0 Å². The molecule has 1 fully saturated rings. The van der Waals surface area contributed by atoms with E-state index in [1.54, 1.807) is 18.2 Å². The van der Waals surface area contributed by atoms with Crippen LogP contribution in [0.2, 0.25) is 15.1 Å². The van der Waals surface area contributed by atoms with Gasteiger partial charge in [0.2, 0.25) is 0 Å². The van der Waals surface area contributed by atoms with Gasteiger partial charge in [0, 0.05) is 22.6 Å². The summed E-state index contributed by atoms with van der Waals surface area (Å²) in [5.74, 6) is 1.04. The lowest BCUT2D eigenvalue weighted by molar-refractivity contribution is 0.0715. The number of imidazole rings is 1. The molecule has 1 amide bonds. The van der Waals surface area contributed by atoms with Crippen molar-refractivity contribution in [1.29, 1.82) is 0 Å². The van der Waals surface area contributed by atoms with Crippen molar-refractivity contribution in [3.63, 3.8) is 0 Å². The SMILES string of the molecule is CC(C)CN(Cc1nc2ccc(Cl)cc2n1C1CCCC1)C(=O)c1cc(Cl)ccc1Cl. The normalized spacial score (nSPS) is 14.6. The van der Waals surface area contributed by atoms with Crippen LogP contribution in [0.15, 0.2) is 36.4 Å². The van der Waals surface area contributed by atoms with Crippen molar-refractivity contribution in [1.82, 2.24) is 14.5 Å². The van der Waals surface area contributed by atoms with Crippen LogP contribution in [0.1, 0.15) is 61.8 Å². The number of rotatable bonds is 6. The van der Waals surface area contributed by atoms with Crippen molar-refractivity contribution in [3.05, 3.63) is 62.9 Å². The first kappa shape index (κ1) is 22.4. The molecule has 2 aromatic carbocycles. The predicted molar refractivity (Wildman–Crippen MR) is 128 cm³/mol. The Morgan fingerprint density at radius 1 is 1.10 bits per heavy atom. The van der Waals surface area contributed by atoms with Crippen LogP contribution in [0.4, 0.5) is 0 Å². The number of halogens is 3. The van der Waals surface area contributed by atoms with Crippen molar-refractivity contribution in [2.45, 2.75) is 52.1 Å². The number of aromatic nitrogens is 2. The molecule has 4 rings (SSSR count). The molecular formula is C24H26Cl3N3O. The predicted octanol–water partition coefficient (Wildman–Crippen LogP) is 7.41. The Hall–Kier alpha value is -1.75. The number of carbonyl (C=O) groups excluding carboxylic acids is 1. The Bertz CT molecular complexity index is 1100. The largest absolute Gasteiger partial charge is 0.331 e. The van der Waals surface area contributed by atoms with Crippen LogP contribution in [0.25, 0.3) is 11.0 Å². The highest BCUT2D eigenvalue weighted by atomic mass is 35.5. The third-order valence-electron chi connectivity index (χ3n) is 5.78. The molecule has 31 heavy (non-hydrogen) atoms. The lowest BCUT2D eigenvalue weighted by Crippen LogP contribution is -2.35. The van der Waals surface area contributed by atoms with Gasteiger partial charge in [-0.05, 0) is 55.2 Å². The highest BCUT2D eigenvalue weighted by molar-refractivity contribution is 6.35. The van der Waals surface area contributed by atoms with E-state index < -0.39 is 0 Å². The molecule has 7 heteroatoms. The fourth-order valence-electron chi connectivity index (χ4n) is 4.46. The molecule has 1 saturated carbocycles. The molecule has 0 radical (unpaired) electrons. The molecule has 0 N–H and O–H groups in total. The first-order chi connectivity index (χ1) is 14.8. The average molecular weight is 479 g/mol. The van der Waals surface area contributed by atoms with Crippen molar-refractivity contribution < 1.29 is 4.79 Å². The molecule has 3 aromatic rings. The number of benzene rings is 2. The van der Waals surface area contributed by atoms with E-state index in [1.165, 1.54) is 12.8 Å². The molecule has 1 aliphatic carbocycles. The van der Waals surface area contributed by atoms with Gasteiger partial charge in [0.15, 0.2) is 0 Å². The van der Waals surface area contributed by atoms with Crippen LogP contribution in [-0.4, -0.2) is 26.9 Å². The molecule has 1 aromatic heterocycles. The Labute approximate surface area is 198 Å². The van der Waals surface area contributed by atoms with Gasteiger partial charge in [-0.2, -0.15) is 0 Å². The molecule has 164 valence electrons. The maximum absolute atomic E-state index is 13.5. The Balaban J connectivity index is 1.75. The molecule has 0 spiro atoms. The highest BCUT2D eigenvalue weighted by Crippen LogP contribution is 2.35. The quantitative estimate of drug-likeness (QED) is 0.370. The van der Waals surface area contributed by atoms with Gasteiger partial charge in [-0.3, -0.25) is 4.79 Å². The van der Waals surface area contributed by atoms with Gasteiger partial charge in [0.25, 0.3) is 5.91 Å². The maximum Gasteiger partial charge on any atom is 0.255 e. The Morgan fingerprint density at radius 3 is 2.48 bits per heavy atom. The average Bonchev–Trinajstić information content (AvgIpc) is 3.35. The topological polar surface area (TPSA) is 38.1 Å². The molecule has 0 unspecified atom stereocenters. The van der Waals surface area contributed by atoms with E-state index in [4.69, 9.17) is 39.8 Å². The summed E-state index contributed by atoms with van der Waals surface area (Å²) in [7, 11) is 0. The minimum atomic E-state index is -0.135. The molecule has 0 atom stereocenters. The van der Waals surface area contributed by atoms with Crippen molar-refractivity contribution in [2.75, 3.05) is 6.54 Å². The van der Waals surface area contributed by atoms with E-state index in [0.29, 0.717) is 45.7 Å². The van der Waals surface area contributed by atoms with Crippen LogP contribution < -0.4 is 0 Å². The smallest absolute Gasteiger partial charge is 0.255 e. The third kappa shape index (κ3) is 4.87. The minimum Gasteiger partial charge on any atom is -0.331 e. The zero-order valence-electron chi connectivity index (χ0n) is 17.7. The zero-order chi connectivity index (χ0) is 22.1. The number of hydrogen-bond donors (Lipinski definition) is 0. The summed E-state index contributed by atoms with van der Waals surface area (Å²) in [6.07, 6.45) is 4.64. The molecular weight excluding hydrogens is 453 g/mol. The standard InChI is InChI=1S/C24H26Cl3N3O/c1-15(2)13-29(24(31)19-11-16(25)7-9-20(19)27)14-23-28-21-10-8-17(26)12-22(21)30(23)18-5-3-4-6-18/h7-12,15,18H,3-6,13-14H2,1-2H3. The van der Waals surface area contributed by atoms with E-state index in [-0.39, 0.29) is 5.91 Å². The van der Waals surface area contributed by atoms with Gasteiger partial charge < -0.3 is 9.47 Å². The summed E-state index contributed by atoms with van der Waals surface area (Å²) in [5, 5.41) is 1.59. The van der Waals surface area contributed by atoms with Crippen LogP contribution in [0, 0.1) is 5.92 Å². The monoisotopic (exact) mass is 477 g/mol. The zero-order valence-corrected chi connectivity index (χ0v) is 20.0.